The summed E-state index contributed by atoms with van der Waals surface area (Å²) in [4.78, 5) is 5.57. The number of oxime groups is 1. The third kappa shape index (κ3) is 2.54. The lowest BCUT2D eigenvalue weighted by molar-refractivity contribution is 0.150. The zero-order valence-corrected chi connectivity index (χ0v) is 14.0. The van der Waals surface area contributed by atoms with Gasteiger partial charge < -0.3 is 4.84 Å². The van der Waals surface area contributed by atoms with E-state index in [9.17, 15) is 8.42 Å². The van der Waals surface area contributed by atoms with Crippen LogP contribution in [0.1, 0.15) is 25.8 Å². The molecule has 1 fully saturated rings. The fourth-order valence-corrected chi connectivity index (χ4v) is 4.99. The fourth-order valence-electron chi connectivity index (χ4n) is 3.25. The molecule has 0 radical (unpaired) electrons. The third-order valence-corrected chi connectivity index (χ3v) is 6.33. The first kappa shape index (κ1) is 15.5. The molecule has 5 nitrogen and oxygen atoms in total. The number of benzene rings is 1. The summed E-state index contributed by atoms with van der Waals surface area (Å²) in [5.74, 6) is 0.417. The van der Waals surface area contributed by atoms with Crippen LogP contribution in [0.3, 0.4) is 0 Å². The topological polar surface area (TPSA) is 59.0 Å². The summed E-state index contributed by atoms with van der Waals surface area (Å²) < 4.78 is 27.7. The highest BCUT2D eigenvalue weighted by Crippen LogP contribution is 2.33. The Bertz CT molecular complexity index is 680. The summed E-state index contributed by atoms with van der Waals surface area (Å²) in [6.45, 7) is 7.11. The van der Waals surface area contributed by atoms with E-state index >= 15 is 0 Å². The predicted octanol–water partition coefficient (Wildman–Crippen LogP) is 2.42. The highest BCUT2D eigenvalue weighted by atomic mass is 32.2. The Morgan fingerprint density at radius 2 is 1.95 bits per heavy atom. The molecule has 0 N–H and O–H groups in total. The minimum absolute atomic E-state index is 0.156. The van der Waals surface area contributed by atoms with Crippen molar-refractivity contribution in [1.29, 1.82) is 0 Å². The minimum atomic E-state index is -3.51. The average molecular weight is 322 g/mol. The highest BCUT2D eigenvalue weighted by molar-refractivity contribution is 7.89. The van der Waals surface area contributed by atoms with Crippen molar-refractivity contribution >= 4 is 15.7 Å². The summed E-state index contributed by atoms with van der Waals surface area (Å²) >= 11 is 0. The lowest BCUT2D eigenvalue weighted by atomic mass is 9.86. The number of piperidine rings is 1. The molecule has 2 atom stereocenters. The van der Waals surface area contributed by atoms with Gasteiger partial charge in [0.05, 0.1) is 16.6 Å². The smallest absolute Gasteiger partial charge is 0.243 e. The third-order valence-electron chi connectivity index (χ3n) is 4.43. The molecule has 1 aromatic carbocycles. The van der Waals surface area contributed by atoms with Gasteiger partial charge in [0.1, 0.15) is 6.61 Å². The summed E-state index contributed by atoms with van der Waals surface area (Å²) in [5.41, 5.74) is 1.93. The van der Waals surface area contributed by atoms with E-state index in [1.165, 1.54) is 0 Å². The molecule has 6 heteroatoms. The Morgan fingerprint density at radius 3 is 2.59 bits per heavy atom. The molecule has 1 saturated heterocycles. The molecule has 2 aliphatic rings. The van der Waals surface area contributed by atoms with E-state index in [2.05, 4.69) is 5.16 Å². The molecule has 0 unspecified atom stereocenters. The van der Waals surface area contributed by atoms with Gasteiger partial charge in [-0.1, -0.05) is 36.7 Å². The molecule has 0 amide bonds. The molecule has 1 aromatic rings. The molecule has 3 rings (SSSR count). The number of hydrogen-bond donors (Lipinski definition) is 0. The van der Waals surface area contributed by atoms with E-state index in [1.807, 2.05) is 32.9 Å². The van der Waals surface area contributed by atoms with Gasteiger partial charge in [0.25, 0.3) is 0 Å². The van der Waals surface area contributed by atoms with E-state index in [0.29, 0.717) is 18.0 Å². The lowest BCUT2D eigenvalue weighted by Gasteiger charge is -2.38. The fraction of sp³-hybridized carbons (Fsp3) is 0.562. The van der Waals surface area contributed by atoms with Gasteiger partial charge in [-0.3, -0.25) is 0 Å². The Labute approximate surface area is 132 Å². The molecular formula is C16H22N2O3S. The Hall–Kier alpha value is -1.40. The van der Waals surface area contributed by atoms with E-state index < -0.39 is 10.0 Å². The van der Waals surface area contributed by atoms with Crippen LogP contribution in [0.2, 0.25) is 0 Å². The van der Waals surface area contributed by atoms with Crippen LogP contribution >= 0.6 is 0 Å². The molecule has 120 valence electrons. The molecule has 0 bridgehead atoms. The van der Waals surface area contributed by atoms with Crippen LogP contribution in [0, 0.1) is 18.8 Å². The number of aryl methyl sites for hydroxylation is 1. The molecule has 0 aliphatic carbocycles. The maximum atomic E-state index is 13.0. The lowest BCUT2D eigenvalue weighted by Crippen LogP contribution is -2.54. The van der Waals surface area contributed by atoms with Crippen LogP contribution in [0.5, 0.6) is 0 Å². The number of nitrogens with zero attached hydrogens (tertiary/aromatic N) is 2. The molecule has 0 saturated carbocycles. The molecule has 2 aliphatic heterocycles. The summed E-state index contributed by atoms with van der Waals surface area (Å²) in [5, 5.41) is 4.14. The van der Waals surface area contributed by atoms with Crippen molar-refractivity contribution in [2.45, 2.75) is 38.1 Å². The van der Waals surface area contributed by atoms with Crippen LogP contribution in [0.15, 0.2) is 34.3 Å². The zero-order chi connectivity index (χ0) is 15.9. The van der Waals surface area contributed by atoms with Gasteiger partial charge in [-0.05, 0) is 31.4 Å². The van der Waals surface area contributed by atoms with Crippen molar-refractivity contribution < 1.29 is 13.3 Å². The first-order valence-electron chi connectivity index (χ1n) is 7.69. The van der Waals surface area contributed by atoms with Crippen LogP contribution in [-0.2, 0) is 14.9 Å². The zero-order valence-electron chi connectivity index (χ0n) is 13.2. The van der Waals surface area contributed by atoms with Gasteiger partial charge >= 0.3 is 0 Å². The van der Waals surface area contributed by atoms with Crippen LogP contribution in [0.4, 0.5) is 0 Å². The molecule has 22 heavy (non-hydrogen) atoms. The van der Waals surface area contributed by atoms with Crippen molar-refractivity contribution in [2.75, 3.05) is 13.2 Å². The van der Waals surface area contributed by atoms with Crippen molar-refractivity contribution in [3.63, 3.8) is 0 Å². The second-order valence-electron chi connectivity index (χ2n) is 6.42. The summed E-state index contributed by atoms with van der Waals surface area (Å²) in [7, 11) is -3.51. The van der Waals surface area contributed by atoms with Crippen molar-refractivity contribution in [3.8, 4) is 0 Å². The maximum Gasteiger partial charge on any atom is 0.243 e. The normalized spacial score (nSPS) is 25.7. The summed E-state index contributed by atoms with van der Waals surface area (Å²) in [6, 6.07) is 6.82. The monoisotopic (exact) mass is 322 g/mol. The van der Waals surface area contributed by atoms with E-state index in [4.69, 9.17) is 4.84 Å². The summed E-state index contributed by atoms with van der Waals surface area (Å²) in [6.07, 6.45) is 0.771. The van der Waals surface area contributed by atoms with Crippen LogP contribution in [-0.4, -0.2) is 37.6 Å². The van der Waals surface area contributed by atoms with E-state index in [1.54, 1.807) is 16.4 Å². The highest BCUT2D eigenvalue weighted by Gasteiger charge is 2.44. The average Bonchev–Trinajstić information content (AvgIpc) is 2.94. The molecular weight excluding hydrogens is 300 g/mol. The number of hydrogen-bond acceptors (Lipinski definition) is 4. The number of rotatable bonds is 3. The van der Waals surface area contributed by atoms with Crippen LogP contribution in [0.25, 0.3) is 0 Å². The Kier molecular flexibility index (Phi) is 3.99. The molecule has 2 heterocycles. The van der Waals surface area contributed by atoms with Gasteiger partial charge in [-0.25, -0.2) is 8.42 Å². The SMILES string of the molecule is Cc1ccc(S(=O)(=O)N2CC[C@H]3CON=C3[C@@H]2C(C)C)cc1. The standard InChI is InChI=1S/C16H22N2O3S/c1-11(2)16-15-13(10-21-17-15)8-9-18(16)22(19,20)14-6-4-12(3)5-7-14/h4-7,11,13,16H,8-10H2,1-3H3/t13-,16-/m0/s1. The first-order chi connectivity index (χ1) is 10.4. The van der Waals surface area contributed by atoms with Crippen molar-refractivity contribution in [1.82, 2.24) is 4.31 Å². The van der Waals surface area contributed by atoms with Gasteiger partial charge in [0.2, 0.25) is 10.0 Å². The van der Waals surface area contributed by atoms with Crippen molar-refractivity contribution in [3.05, 3.63) is 29.8 Å². The molecule has 0 aromatic heterocycles. The van der Waals surface area contributed by atoms with Gasteiger partial charge in [-0.15, -0.1) is 0 Å². The second-order valence-corrected chi connectivity index (χ2v) is 8.31. The first-order valence-corrected chi connectivity index (χ1v) is 9.13. The second kappa shape index (κ2) is 5.66. The predicted molar refractivity (Wildman–Crippen MR) is 85.2 cm³/mol. The maximum absolute atomic E-state index is 13.0. The Morgan fingerprint density at radius 1 is 1.27 bits per heavy atom. The van der Waals surface area contributed by atoms with E-state index in [0.717, 1.165) is 17.7 Å². The number of sulfonamides is 1. The van der Waals surface area contributed by atoms with Gasteiger partial charge in [0, 0.05) is 12.5 Å². The molecule has 0 spiro atoms. The largest absolute Gasteiger partial charge is 0.395 e. The van der Waals surface area contributed by atoms with Crippen LogP contribution < -0.4 is 0 Å². The van der Waals surface area contributed by atoms with Gasteiger partial charge in [0.15, 0.2) is 0 Å². The van der Waals surface area contributed by atoms with Crippen molar-refractivity contribution in [2.24, 2.45) is 17.0 Å². The Balaban J connectivity index is 1.99. The van der Waals surface area contributed by atoms with Gasteiger partial charge in [-0.2, -0.15) is 4.31 Å². The quantitative estimate of drug-likeness (QED) is 0.858. The number of fused-ring (bicyclic) bond motifs is 1. The minimum Gasteiger partial charge on any atom is -0.395 e. The van der Waals surface area contributed by atoms with E-state index in [-0.39, 0.29) is 17.9 Å².